The van der Waals surface area contributed by atoms with Gasteiger partial charge in [0.25, 0.3) is 0 Å². The molecule has 2 aromatic carbocycles. The molecule has 2 rings (SSSR count). The van der Waals surface area contributed by atoms with Crippen LogP contribution in [0.1, 0.15) is 11.1 Å². The molecule has 0 aliphatic heterocycles. The molecule has 0 saturated heterocycles. The molecule has 2 aromatic rings. The van der Waals surface area contributed by atoms with Crippen LogP contribution in [0, 0.1) is 5.82 Å². The highest BCUT2D eigenvalue weighted by atomic mass is 127. The number of hydrogen-bond acceptors (Lipinski definition) is 3. The molecule has 0 spiro atoms. The Kier molecular flexibility index (Phi) is 11.3. The number of rotatable bonds is 9. The number of aliphatic imine (C=N–C) groups is 1. The van der Waals surface area contributed by atoms with E-state index in [9.17, 15) is 13.2 Å². The second kappa shape index (κ2) is 13.2. The normalized spacial score (nSPS) is 11.1. The Bertz CT molecular complexity index is 734. The van der Waals surface area contributed by atoms with Crippen LogP contribution in [0.2, 0.25) is 0 Å². The molecule has 2 N–H and O–H groups in total. The number of hydrogen-bond donors (Lipinski definition) is 2. The summed E-state index contributed by atoms with van der Waals surface area (Å²) in [5.74, 6) is -0.453. The van der Waals surface area contributed by atoms with Gasteiger partial charge in [-0.15, -0.1) is 24.0 Å². The number of nitrogens with one attached hydrogen (secondary N) is 2. The van der Waals surface area contributed by atoms with E-state index in [1.807, 2.05) is 30.3 Å². The van der Waals surface area contributed by atoms with Crippen molar-refractivity contribution in [3.63, 3.8) is 0 Å². The first-order valence-corrected chi connectivity index (χ1v) is 8.38. The van der Waals surface area contributed by atoms with E-state index in [0.29, 0.717) is 25.7 Å². The lowest BCUT2D eigenvalue weighted by Gasteiger charge is -2.15. The Labute approximate surface area is 179 Å². The van der Waals surface area contributed by atoms with Crippen LogP contribution in [0.15, 0.2) is 53.5 Å². The fourth-order valence-electron chi connectivity index (χ4n) is 2.32. The van der Waals surface area contributed by atoms with E-state index in [1.165, 1.54) is 18.2 Å². The monoisotopic (exact) mass is 509 g/mol. The predicted octanol–water partition coefficient (Wildman–Crippen LogP) is 3.93. The molecular formula is C19H23F3IN3O2. The van der Waals surface area contributed by atoms with Gasteiger partial charge in [-0.2, -0.15) is 8.78 Å². The molecule has 28 heavy (non-hydrogen) atoms. The van der Waals surface area contributed by atoms with Gasteiger partial charge in [-0.3, -0.25) is 4.99 Å². The van der Waals surface area contributed by atoms with Gasteiger partial charge in [-0.1, -0.05) is 36.4 Å². The van der Waals surface area contributed by atoms with E-state index in [1.54, 1.807) is 7.05 Å². The number of guanidine groups is 1. The van der Waals surface area contributed by atoms with Gasteiger partial charge in [-0.25, -0.2) is 4.39 Å². The van der Waals surface area contributed by atoms with Crippen LogP contribution in [0.4, 0.5) is 13.2 Å². The summed E-state index contributed by atoms with van der Waals surface area (Å²) in [5, 5.41) is 5.88. The van der Waals surface area contributed by atoms with Gasteiger partial charge in [0.2, 0.25) is 0 Å². The van der Waals surface area contributed by atoms with Gasteiger partial charge >= 0.3 is 6.61 Å². The first-order valence-electron chi connectivity index (χ1n) is 8.38. The fourth-order valence-corrected chi connectivity index (χ4v) is 2.32. The molecule has 0 fully saturated rings. The molecule has 5 nitrogen and oxygen atoms in total. The van der Waals surface area contributed by atoms with Crippen LogP contribution in [0.3, 0.4) is 0 Å². The molecule has 0 bridgehead atoms. The second-order valence-electron chi connectivity index (χ2n) is 5.49. The predicted molar refractivity (Wildman–Crippen MR) is 113 cm³/mol. The van der Waals surface area contributed by atoms with Gasteiger partial charge in [0.1, 0.15) is 11.6 Å². The van der Waals surface area contributed by atoms with Crippen molar-refractivity contribution >= 4 is 29.9 Å². The molecule has 0 saturated carbocycles. The largest absolute Gasteiger partial charge is 0.434 e. The Morgan fingerprint density at radius 1 is 1.07 bits per heavy atom. The van der Waals surface area contributed by atoms with E-state index in [2.05, 4.69) is 20.4 Å². The third-order valence-electron chi connectivity index (χ3n) is 3.60. The summed E-state index contributed by atoms with van der Waals surface area (Å²) >= 11 is 0. The maximum absolute atomic E-state index is 13.9. The number of ether oxygens (including phenoxy) is 2. The topological polar surface area (TPSA) is 54.9 Å². The quantitative estimate of drug-likeness (QED) is 0.233. The zero-order chi connectivity index (χ0) is 19.5. The number of benzene rings is 2. The lowest BCUT2D eigenvalue weighted by molar-refractivity contribution is -0.0506. The van der Waals surface area contributed by atoms with E-state index < -0.39 is 12.4 Å². The van der Waals surface area contributed by atoms with Crippen LogP contribution in [0.5, 0.6) is 5.75 Å². The average Bonchev–Trinajstić information content (AvgIpc) is 2.66. The zero-order valence-corrected chi connectivity index (χ0v) is 17.7. The average molecular weight is 509 g/mol. The van der Waals surface area contributed by atoms with Crippen molar-refractivity contribution in [3.05, 3.63) is 65.5 Å². The lowest BCUT2D eigenvalue weighted by Crippen LogP contribution is -2.38. The molecule has 0 heterocycles. The van der Waals surface area contributed by atoms with Crippen LogP contribution in [-0.2, 0) is 17.9 Å². The highest BCUT2D eigenvalue weighted by Gasteiger charge is 2.14. The van der Waals surface area contributed by atoms with Gasteiger partial charge in [0.05, 0.1) is 13.2 Å². The first kappa shape index (κ1) is 24.0. The third kappa shape index (κ3) is 8.34. The summed E-state index contributed by atoms with van der Waals surface area (Å²) in [6.07, 6.45) is 0. The molecule has 0 unspecified atom stereocenters. The molecule has 9 heteroatoms. The maximum atomic E-state index is 13.9. The summed E-state index contributed by atoms with van der Waals surface area (Å²) in [4.78, 5) is 4.01. The van der Waals surface area contributed by atoms with Crippen molar-refractivity contribution in [2.45, 2.75) is 19.8 Å². The minimum atomic E-state index is -3.02. The molecule has 0 aromatic heterocycles. The molecular weight excluding hydrogens is 486 g/mol. The van der Waals surface area contributed by atoms with Gasteiger partial charge in [0, 0.05) is 25.7 Å². The van der Waals surface area contributed by atoms with Crippen molar-refractivity contribution < 1.29 is 22.6 Å². The summed E-state index contributed by atoms with van der Waals surface area (Å²) in [5.41, 5.74) is 1.08. The van der Waals surface area contributed by atoms with Crippen molar-refractivity contribution in [2.75, 3.05) is 20.2 Å². The molecule has 0 amide bonds. The van der Waals surface area contributed by atoms with E-state index in [-0.39, 0.29) is 41.8 Å². The standard InChI is InChI=1S/C19H22F3N3O2.HI/c1-23-19(24-10-11-26-13-14-6-3-2-4-7-14)25-12-15-16(20)8-5-9-17(15)27-18(21)22;/h2-9,18H,10-13H2,1H3,(H2,23,24,25);1H. The van der Waals surface area contributed by atoms with E-state index >= 15 is 0 Å². The van der Waals surface area contributed by atoms with E-state index in [0.717, 1.165) is 5.56 Å². The Morgan fingerprint density at radius 3 is 2.50 bits per heavy atom. The molecule has 0 atom stereocenters. The minimum absolute atomic E-state index is 0. The SMILES string of the molecule is CN=C(NCCOCc1ccccc1)NCc1c(F)cccc1OC(F)F.I. The van der Waals surface area contributed by atoms with Crippen molar-refractivity contribution in [1.29, 1.82) is 0 Å². The second-order valence-corrected chi connectivity index (χ2v) is 5.49. The van der Waals surface area contributed by atoms with E-state index in [4.69, 9.17) is 4.74 Å². The fraction of sp³-hybridized carbons (Fsp3) is 0.316. The minimum Gasteiger partial charge on any atom is -0.434 e. The summed E-state index contributed by atoms with van der Waals surface area (Å²) in [6, 6.07) is 13.6. The van der Waals surface area contributed by atoms with Crippen molar-refractivity contribution in [1.82, 2.24) is 10.6 Å². The first-order chi connectivity index (χ1) is 13.1. The maximum Gasteiger partial charge on any atom is 0.387 e. The van der Waals surface area contributed by atoms with Crippen molar-refractivity contribution in [2.24, 2.45) is 4.99 Å². The van der Waals surface area contributed by atoms with Crippen LogP contribution >= 0.6 is 24.0 Å². The Balaban J connectivity index is 0.00000392. The smallest absolute Gasteiger partial charge is 0.387 e. The Morgan fingerprint density at radius 2 is 1.82 bits per heavy atom. The Hall–Kier alpha value is -2.01. The van der Waals surface area contributed by atoms with Gasteiger partial charge < -0.3 is 20.1 Å². The molecule has 154 valence electrons. The summed E-state index contributed by atoms with van der Waals surface area (Å²) < 4.78 is 48.7. The summed E-state index contributed by atoms with van der Waals surface area (Å²) in [6.45, 7) is -1.67. The van der Waals surface area contributed by atoms with Gasteiger partial charge in [0.15, 0.2) is 5.96 Å². The number of alkyl halides is 2. The molecule has 0 aliphatic carbocycles. The van der Waals surface area contributed by atoms with Gasteiger partial charge in [-0.05, 0) is 17.7 Å². The summed E-state index contributed by atoms with van der Waals surface area (Å²) in [7, 11) is 1.55. The van der Waals surface area contributed by atoms with Crippen LogP contribution in [0.25, 0.3) is 0 Å². The zero-order valence-electron chi connectivity index (χ0n) is 15.3. The third-order valence-corrected chi connectivity index (χ3v) is 3.60. The van der Waals surface area contributed by atoms with Crippen LogP contribution < -0.4 is 15.4 Å². The lowest BCUT2D eigenvalue weighted by atomic mass is 10.2. The number of halogens is 4. The molecule has 0 radical (unpaired) electrons. The van der Waals surface area contributed by atoms with Crippen LogP contribution in [-0.4, -0.2) is 32.8 Å². The highest BCUT2D eigenvalue weighted by Crippen LogP contribution is 2.23. The molecule has 0 aliphatic rings. The highest BCUT2D eigenvalue weighted by molar-refractivity contribution is 14.0. The number of nitrogens with zero attached hydrogens (tertiary/aromatic N) is 1. The van der Waals surface area contributed by atoms with Crippen molar-refractivity contribution in [3.8, 4) is 5.75 Å².